The van der Waals surface area contributed by atoms with E-state index in [1.54, 1.807) is 19.5 Å². The molecule has 0 radical (unpaired) electrons. The third kappa shape index (κ3) is 3.71. The van der Waals surface area contributed by atoms with E-state index in [0.29, 0.717) is 24.5 Å². The molecule has 5 nitrogen and oxygen atoms in total. The van der Waals surface area contributed by atoms with Crippen LogP contribution in [0.1, 0.15) is 57.2 Å². The van der Waals surface area contributed by atoms with Gasteiger partial charge in [0, 0.05) is 35.8 Å². The average Bonchev–Trinajstić information content (AvgIpc) is 3.10. The van der Waals surface area contributed by atoms with Crippen molar-refractivity contribution in [2.45, 2.75) is 51.5 Å². The highest BCUT2D eigenvalue weighted by molar-refractivity contribution is 5.28. The van der Waals surface area contributed by atoms with E-state index in [4.69, 9.17) is 9.47 Å². The Kier molecular flexibility index (Phi) is 5.38. The number of nitrogens with zero attached hydrogens (tertiary/aromatic N) is 3. The van der Waals surface area contributed by atoms with E-state index < -0.39 is 0 Å². The molecule has 1 aliphatic carbocycles. The first-order chi connectivity index (χ1) is 11.7. The first kappa shape index (κ1) is 16.8. The quantitative estimate of drug-likeness (QED) is 0.796. The number of ether oxygens (including phenoxy) is 2. The van der Waals surface area contributed by atoms with Crippen molar-refractivity contribution < 1.29 is 9.47 Å². The summed E-state index contributed by atoms with van der Waals surface area (Å²) >= 11 is 0. The number of hydrogen-bond acceptors (Lipinski definition) is 4. The van der Waals surface area contributed by atoms with Crippen molar-refractivity contribution in [2.24, 2.45) is 5.92 Å². The molecular weight excluding hydrogens is 302 g/mol. The number of rotatable bonds is 6. The molecule has 3 rings (SSSR count). The smallest absolute Gasteiger partial charge is 0.141 e. The van der Waals surface area contributed by atoms with Crippen molar-refractivity contribution >= 4 is 0 Å². The molecule has 1 fully saturated rings. The highest BCUT2D eigenvalue weighted by atomic mass is 16.5. The number of pyridine rings is 1. The van der Waals surface area contributed by atoms with Gasteiger partial charge in [-0.3, -0.25) is 4.98 Å². The van der Waals surface area contributed by atoms with Gasteiger partial charge in [-0.2, -0.15) is 0 Å². The molecule has 0 spiro atoms. The predicted octanol–water partition coefficient (Wildman–Crippen LogP) is 4.22. The van der Waals surface area contributed by atoms with Crippen LogP contribution in [0.15, 0.2) is 31.0 Å². The minimum absolute atomic E-state index is 0.438. The monoisotopic (exact) mass is 329 g/mol. The van der Waals surface area contributed by atoms with Crippen molar-refractivity contribution in [3.8, 4) is 11.5 Å². The Morgan fingerprint density at radius 1 is 1.12 bits per heavy atom. The van der Waals surface area contributed by atoms with Crippen LogP contribution in [0, 0.1) is 5.92 Å². The van der Waals surface area contributed by atoms with E-state index >= 15 is 0 Å². The minimum Gasteiger partial charge on any atom is -0.495 e. The van der Waals surface area contributed by atoms with Gasteiger partial charge in [0.1, 0.15) is 11.5 Å². The molecular formula is C19H27N3O2. The van der Waals surface area contributed by atoms with Crippen LogP contribution in [0.5, 0.6) is 11.5 Å². The van der Waals surface area contributed by atoms with Crippen LogP contribution in [0.3, 0.4) is 0 Å². The zero-order chi connectivity index (χ0) is 16.9. The second-order valence-corrected chi connectivity index (χ2v) is 6.84. The SMILES string of the molecule is COc1cncc(OCC2CCCCC2c2cncn2C(C)C)c1. The van der Waals surface area contributed by atoms with E-state index in [-0.39, 0.29) is 0 Å². The van der Waals surface area contributed by atoms with Crippen LogP contribution in [0.2, 0.25) is 0 Å². The zero-order valence-corrected chi connectivity index (χ0v) is 14.8. The van der Waals surface area contributed by atoms with Gasteiger partial charge in [0.25, 0.3) is 0 Å². The first-order valence-electron chi connectivity index (χ1n) is 8.82. The van der Waals surface area contributed by atoms with Gasteiger partial charge < -0.3 is 14.0 Å². The standard InChI is InChI=1S/C19H27N3O2/c1-14(2)22-13-21-11-19(22)18-7-5-4-6-15(18)12-24-17-8-16(23-3)9-20-10-17/h8-11,13-15,18H,4-7,12H2,1-3H3. The molecule has 2 atom stereocenters. The van der Waals surface area contributed by atoms with Crippen LogP contribution in [0.25, 0.3) is 0 Å². The second kappa shape index (κ2) is 7.69. The van der Waals surface area contributed by atoms with Crippen LogP contribution in [-0.2, 0) is 0 Å². The van der Waals surface area contributed by atoms with E-state index in [9.17, 15) is 0 Å². The largest absolute Gasteiger partial charge is 0.495 e. The van der Waals surface area contributed by atoms with Gasteiger partial charge in [-0.25, -0.2) is 4.98 Å². The summed E-state index contributed by atoms with van der Waals surface area (Å²) in [5.41, 5.74) is 1.35. The van der Waals surface area contributed by atoms with Crippen LogP contribution in [-0.4, -0.2) is 28.3 Å². The number of hydrogen-bond donors (Lipinski definition) is 0. The summed E-state index contributed by atoms with van der Waals surface area (Å²) in [6.45, 7) is 5.13. The van der Waals surface area contributed by atoms with Gasteiger partial charge in [-0.1, -0.05) is 12.8 Å². The van der Waals surface area contributed by atoms with E-state index in [2.05, 4.69) is 28.4 Å². The lowest BCUT2D eigenvalue weighted by Crippen LogP contribution is -2.26. The predicted molar refractivity (Wildman–Crippen MR) is 93.6 cm³/mol. The Morgan fingerprint density at radius 3 is 2.71 bits per heavy atom. The third-order valence-corrected chi connectivity index (χ3v) is 4.93. The van der Waals surface area contributed by atoms with E-state index in [1.807, 2.05) is 18.6 Å². The van der Waals surface area contributed by atoms with Crippen molar-refractivity contribution in [1.29, 1.82) is 0 Å². The van der Waals surface area contributed by atoms with Gasteiger partial charge >= 0.3 is 0 Å². The molecule has 2 aromatic heterocycles. The highest BCUT2D eigenvalue weighted by Gasteiger charge is 2.29. The molecule has 0 amide bonds. The normalized spacial score (nSPS) is 21.0. The zero-order valence-electron chi connectivity index (χ0n) is 14.8. The molecule has 0 saturated heterocycles. The number of aromatic nitrogens is 3. The molecule has 0 bridgehead atoms. The number of methoxy groups -OCH3 is 1. The van der Waals surface area contributed by atoms with E-state index in [1.165, 1.54) is 31.4 Å². The third-order valence-electron chi connectivity index (χ3n) is 4.93. The maximum absolute atomic E-state index is 6.04. The summed E-state index contributed by atoms with van der Waals surface area (Å²) < 4.78 is 13.6. The lowest BCUT2D eigenvalue weighted by atomic mass is 9.78. The topological polar surface area (TPSA) is 49.2 Å². The summed E-state index contributed by atoms with van der Waals surface area (Å²) in [4.78, 5) is 8.55. The Labute approximate surface area is 144 Å². The summed E-state index contributed by atoms with van der Waals surface area (Å²) in [5, 5.41) is 0. The molecule has 1 saturated carbocycles. The lowest BCUT2D eigenvalue weighted by molar-refractivity contribution is 0.181. The fourth-order valence-electron chi connectivity index (χ4n) is 3.62. The number of imidazole rings is 1. The Hall–Kier alpha value is -2.04. The first-order valence-corrected chi connectivity index (χ1v) is 8.82. The lowest BCUT2D eigenvalue weighted by Gasteiger charge is -2.32. The molecule has 2 unspecified atom stereocenters. The molecule has 2 heterocycles. The Balaban J connectivity index is 1.71. The molecule has 0 aliphatic heterocycles. The summed E-state index contributed by atoms with van der Waals surface area (Å²) in [6, 6.07) is 2.33. The summed E-state index contributed by atoms with van der Waals surface area (Å²) in [7, 11) is 1.64. The Morgan fingerprint density at radius 2 is 1.92 bits per heavy atom. The maximum Gasteiger partial charge on any atom is 0.141 e. The van der Waals surface area contributed by atoms with Gasteiger partial charge in [0.2, 0.25) is 0 Å². The van der Waals surface area contributed by atoms with Crippen LogP contribution >= 0.6 is 0 Å². The fourth-order valence-corrected chi connectivity index (χ4v) is 3.62. The van der Waals surface area contributed by atoms with Crippen molar-refractivity contribution in [3.63, 3.8) is 0 Å². The average molecular weight is 329 g/mol. The highest BCUT2D eigenvalue weighted by Crippen LogP contribution is 2.38. The summed E-state index contributed by atoms with van der Waals surface area (Å²) in [5.74, 6) is 2.53. The van der Waals surface area contributed by atoms with Crippen molar-refractivity contribution in [3.05, 3.63) is 36.7 Å². The molecule has 0 aromatic carbocycles. The fraction of sp³-hybridized carbons (Fsp3) is 0.579. The molecule has 5 heteroatoms. The molecule has 24 heavy (non-hydrogen) atoms. The van der Waals surface area contributed by atoms with Crippen LogP contribution in [0.4, 0.5) is 0 Å². The molecule has 2 aromatic rings. The van der Waals surface area contributed by atoms with Gasteiger partial charge in [0.15, 0.2) is 0 Å². The van der Waals surface area contributed by atoms with E-state index in [0.717, 1.165) is 11.5 Å². The molecule has 130 valence electrons. The Bertz CT molecular complexity index is 654. The van der Waals surface area contributed by atoms with Crippen LogP contribution < -0.4 is 9.47 Å². The second-order valence-electron chi connectivity index (χ2n) is 6.84. The van der Waals surface area contributed by atoms with Gasteiger partial charge in [0.05, 0.1) is 32.4 Å². The van der Waals surface area contributed by atoms with Gasteiger partial charge in [-0.15, -0.1) is 0 Å². The maximum atomic E-state index is 6.04. The van der Waals surface area contributed by atoms with Crippen molar-refractivity contribution in [1.82, 2.24) is 14.5 Å². The van der Waals surface area contributed by atoms with Gasteiger partial charge in [-0.05, 0) is 26.7 Å². The van der Waals surface area contributed by atoms with Crippen molar-refractivity contribution in [2.75, 3.05) is 13.7 Å². The molecule has 1 aliphatic rings. The minimum atomic E-state index is 0.438. The summed E-state index contributed by atoms with van der Waals surface area (Å²) in [6.07, 6.45) is 12.4. The molecule has 0 N–H and O–H groups in total.